The number of nitrogens with one attached hydrogen (secondary N) is 1. The van der Waals surface area contributed by atoms with E-state index in [-0.39, 0.29) is 12.3 Å². The van der Waals surface area contributed by atoms with E-state index in [0.717, 1.165) is 12.1 Å². The van der Waals surface area contributed by atoms with Gasteiger partial charge in [-0.25, -0.2) is 26.7 Å². The van der Waals surface area contributed by atoms with Crippen LogP contribution in [0.15, 0.2) is 34.1 Å². The Balaban J connectivity index is 3.02. The van der Waals surface area contributed by atoms with E-state index in [1.165, 1.54) is 12.1 Å². The van der Waals surface area contributed by atoms with Crippen molar-refractivity contribution in [2.75, 3.05) is 18.1 Å². The Hall–Kier alpha value is -0.810. The number of hydrogen-bond donors (Lipinski definition) is 2. The maximum absolute atomic E-state index is 12.0. The van der Waals surface area contributed by atoms with Crippen molar-refractivity contribution in [2.45, 2.75) is 16.7 Å². The molecule has 1 unspecified atom stereocenters. The van der Waals surface area contributed by atoms with E-state index in [1.807, 2.05) is 0 Å². The van der Waals surface area contributed by atoms with Gasteiger partial charge >= 0.3 is 0 Å². The molecule has 10 heteroatoms. The molecular weight excluding hydrogens is 324 g/mol. The van der Waals surface area contributed by atoms with Gasteiger partial charge in [0.15, 0.2) is 0 Å². The summed E-state index contributed by atoms with van der Waals surface area (Å²) in [4.78, 5) is -0.881. The molecule has 0 aliphatic rings. The Morgan fingerprint density at radius 2 is 1.70 bits per heavy atom. The van der Waals surface area contributed by atoms with Crippen molar-refractivity contribution in [3.8, 4) is 0 Å². The summed E-state index contributed by atoms with van der Waals surface area (Å²) >= 11 is 0. The van der Waals surface area contributed by atoms with Crippen LogP contribution < -0.4 is 9.86 Å². The van der Waals surface area contributed by atoms with E-state index < -0.39 is 40.6 Å². The third-order valence-corrected chi connectivity index (χ3v) is 6.31. The van der Waals surface area contributed by atoms with Gasteiger partial charge in [0.1, 0.15) is 9.79 Å². The predicted octanol–water partition coefficient (Wildman–Crippen LogP) is -0.619. The maximum atomic E-state index is 12.0. The van der Waals surface area contributed by atoms with Gasteiger partial charge < -0.3 is 0 Å². The number of rotatable bonds is 7. The average Bonchev–Trinajstić information content (AvgIpc) is 2.37. The summed E-state index contributed by atoms with van der Waals surface area (Å²) in [5, 5.41) is 4.98. The van der Waals surface area contributed by atoms with Crippen LogP contribution in [0.3, 0.4) is 0 Å². The number of benzene rings is 1. The highest BCUT2D eigenvalue weighted by Gasteiger charge is 2.23. The first kappa shape index (κ1) is 17.2. The first-order valence-electron chi connectivity index (χ1n) is 5.65. The molecule has 114 valence electrons. The number of sulfonamides is 2. The summed E-state index contributed by atoms with van der Waals surface area (Å²) in [5.74, 6) is 0.586. The molecule has 0 amide bonds. The van der Waals surface area contributed by atoms with Crippen molar-refractivity contribution >= 4 is 30.8 Å². The zero-order valence-corrected chi connectivity index (χ0v) is 13.2. The molecule has 0 aromatic heterocycles. The highest BCUT2D eigenvalue weighted by Crippen LogP contribution is 2.18. The molecular formula is C10H16N2O5S3. The molecule has 1 rings (SSSR count). The molecule has 0 bridgehead atoms. The van der Waals surface area contributed by atoms with Gasteiger partial charge in [0.2, 0.25) is 20.0 Å². The van der Waals surface area contributed by atoms with Crippen LogP contribution in [0.4, 0.5) is 0 Å². The van der Waals surface area contributed by atoms with Crippen LogP contribution in [-0.4, -0.2) is 39.1 Å². The van der Waals surface area contributed by atoms with Crippen molar-refractivity contribution in [3.05, 3.63) is 24.3 Å². The van der Waals surface area contributed by atoms with Gasteiger partial charge in [-0.1, -0.05) is 19.1 Å². The van der Waals surface area contributed by atoms with E-state index in [9.17, 15) is 21.0 Å². The van der Waals surface area contributed by atoms with Crippen molar-refractivity contribution in [1.82, 2.24) is 4.72 Å². The summed E-state index contributed by atoms with van der Waals surface area (Å²) in [5.41, 5.74) is 0. The van der Waals surface area contributed by atoms with E-state index in [2.05, 4.69) is 4.72 Å². The summed E-state index contributed by atoms with van der Waals surface area (Å²) in [7, 11) is -9.27. The largest absolute Gasteiger partial charge is 0.260 e. The summed E-state index contributed by atoms with van der Waals surface area (Å²) in [6.45, 7) is 1.68. The molecule has 1 atom stereocenters. The Bertz CT molecular complexity index is 697. The van der Waals surface area contributed by atoms with Gasteiger partial charge in [-0.2, -0.15) is 0 Å². The molecule has 0 spiro atoms. The fourth-order valence-corrected chi connectivity index (χ4v) is 4.58. The van der Waals surface area contributed by atoms with Gasteiger partial charge in [0.25, 0.3) is 0 Å². The fourth-order valence-electron chi connectivity index (χ4n) is 1.42. The predicted molar refractivity (Wildman–Crippen MR) is 76.6 cm³/mol. The van der Waals surface area contributed by atoms with Gasteiger partial charge in [-0.15, -0.1) is 0 Å². The molecule has 0 heterocycles. The number of primary sulfonamides is 1. The summed E-state index contributed by atoms with van der Waals surface area (Å²) < 4.78 is 60.2. The van der Waals surface area contributed by atoms with Crippen LogP contribution in [0, 0.1) is 0 Å². The molecule has 0 saturated carbocycles. The first-order chi connectivity index (χ1) is 9.18. The van der Waals surface area contributed by atoms with Crippen molar-refractivity contribution in [3.63, 3.8) is 0 Å². The van der Waals surface area contributed by atoms with Gasteiger partial charge in [-0.05, 0) is 12.1 Å². The lowest BCUT2D eigenvalue weighted by molar-refractivity contribution is 0.575. The van der Waals surface area contributed by atoms with Gasteiger partial charge in [-0.3, -0.25) is 4.21 Å². The van der Waals surface area contributed by atoms with Gasteiger partial charge in [0.05, 0.1) is 0 Å². The smallest absolute Gasteiger partial charge is 0.241 e. The van der Waals surface area contributed by atoms with Crippen LogP contribution >= 0.6 is 0 Å². The van der Waals surface area contributed by atoms with E-state index in [0.29, 0.717) is 5.75 Å². The van der Waals surface area contributed by atoms with Crippen molar-refractivity contribution < 1.29 is 21.0 Å². The minimum absolute atomic E-state index is 0.0399. The van der Waals surface area contributed by atoms with Crippen LogP contribution in [0.1, 0.15) is 6.92 Å². The number of hydrogen-bond acceptors (Lipinski definition) is 5. The average molecular weight is 340 g/mol. The normalized spacial score (nSPS) is 14.1. The highest BCUT2D eigenvalue weighted by molar-refractivity contribution is 7.92. The lowest BCUT2D eigenvalue weighted by atomic mass is 10.4. The minimum atomic E-state index is -4.14. The lowest BCUT2D eigenvalue weighted by Gasteiger charge is -2.09. The summed E-state index contributed by atoms with van der Waals surface area (Å²) in [6, 6.07) is 5.05. The molecule has 1 aromatic rings. The third kappa shape index (κ3) is 4.63. The Kier molecular flexibility index (Phi) is 5.83. The minimum Gasteiger partial charge on any atom is -0.260 e. The molecule has 7 nitrogen and oxygen atoms in total. The highest BCUT2D eigenvalue weighted by atomic mass is 32.2. The monoisotopic (exact) mass is 340 g/mol. The third-order valence-electron chi connectivity index (χ3n) is 2.39. The second-order valence-corrected chi connectivity index (χ2v) is 8.95. The van der Waals surface area contributed by atoms with Crippen molar-refractivity contribution in [2.24, 2.45) is 5.14 Å². The van der Waals surface area contributed by atoms with E-state index in [1.54, 1.807) is 6.92 Å². The topological polar surface area (TPSA) is 123 Å². The second kappa shape index (κ2) is 6.76. The summed E-state index contributed by atoms with van der Waals surface area (Å²) in [6.07, 6.45) is 0. The maximum Gasteiger partial charge on any atom is 0.241 e. The number of nitrogens with two attached hydrogens (primary N) is 1. The van der Waals surface area contributed by atoms with Crippen molar-refractivity contribution in [1.29, 1.82) is 0 Å². The molecule has 0 aliphatic carbocycles. The molecule has 1 aromatic carbocycles. The SMILES string of the molecule is CCS(=O)CCNS(=O)(=O)c1ccccc1S(N)(=O)=O. The van der Waals surface area contributed by atoms with Crippen LogP contribution in [0.25, 0.3) is 0 Å². The molecule has 0 saturated heterocycles. The second-order valence-electron chi connectivity index (χ2n) is 3.82. The van der Waals surface area contributed by atoms with Gasteiger partial charge in [0, 0.05) is 28.9 Å². The van der Waals surface area contributed by atoms with E-state index >= 15 is 0 Å². The van der Waals surface area contributed by atoms with Crippen LogP contribution in [0.2, 0.25) is 0 Å². The zero-order valence-electron chi connectivity index (χ0n) is 10.8. The Morgan fingerprint density at radius 1 is 1.15 bits per heavy atom. The molecule has 20 heavy (non-hydrogen) atoms. The molecule has 0 fully saturated rings. The zero-order chi connectivity index (χ0) is 15.4. The lowest BCUT2D eigenvalue weighted by Crippen LogP contribution is -2.30. The fraction of sp³-hybridized carbons (Fsp3) is 0.400. The molecule has 0 radical (unpaired) electrons. The molecule has 3 N–H and O–H groups in total. The van der Waals surface area contributed by atoms with Crippen LogP contribution in [0.5, 0.6) is 0 Å². The Morgan fingerprint density at radius 3 is 2.20 bits per heavy atom. The standard InChI is InChI=1S/C10H16N2O5S3/c1-2-18(13)8-7-12-20(16,17)10-6-4-3-5-9(10)19(11,14)15/h3-6,12H,2,7-8H2,1H3,(H2,11,14,15). The quantitative estimate of drug-likeness (QED) is 0.685. The van der Waals surface area contributed by atoms with Crippen LogP contribution in [-0.2, 0) is 30.8 Å². The van der Waals surface area contributed by atoms with E-state index in [4.69, 9.17) is 5.14 Å². The Labute approximate surface area is 121 Å². The molecule has 0 aliphatic heterocycles. The first-order valence-corrected chi connectivity index (χ1v) is 10.2.